The summed E-state index contributed by atoms with van der Waals surface area (Å²) >= 11 is 3.51. The van der Waals surface area contributed by atoms with E-state index in [0.29, 0.717) is 0 Å². The number of H-pyrrole nitrogens is 1. The van der Waals surface area contributed by atoms with E-state index in [1.165, 1.54) is 32.1 Å². The van der Waals surface area contributed by atoms with Crippen LogP contribution in [0.15, 0.2) is 58.0 Å². The average molecular weight is 435 g/mol. The van der Waals surface area contributed by atoms with Gasteiger partial charge in [-0.25, -0.2) is 4.99 Å². The monoisotopic (exact) mass is 434 g/mol. The van der Waals surface area contributed by atoms with Crippen LogP contribution in [0.25, 0.3) is 16.5 Å². The molecule has 0 atom stereocenters. The van der Waals surface area contributed by atoms with Gasteiger partial charge in [-0.15, -0.1) is 0 Å². The summed E-state index contributed by atoms with van der Waals surface area (Å²) in [6.45, 7) is 0. The van der Waals surface area contributed by atoms with Gasteiger partial charge >= 0.3 is 0 Å². The molecule has 2 aromatic carbocycles. The summed E-state index contributed by atoms with van der Waals surface area (Å²) in [5.74, 6) is 1.05. The molecule has 0 spiro atoms. The van der Waals surface area contributed by atoms with E-state index in [-0.39, 0.29) is 5.88 Å². The van der Waals surface area contributed by atoms with Crippen molar-refractivity contribution in [1.82, 2.24) is 4.98 Å². The number of aromatic hydroxyl groups is 1. The fourth-order valence-corrected chi connectivity index (χ4v) is 5.02. The molecule has 1 aromatic heterocycles. The van der Waals surface area contributed by atoms with E-state index < -0.39 is 0 Å². The molecule has 2 N–H and O–H groups in total. The maximum Gasteiger partial charge on any atom is 0.199 e. The number of halogens is 1. The van der Waals surface area contributed by atoms with Gasteiger partial charge in [0.1, 0.15) is 0 Å². The van der Waals surface area contributed by atoms with Crippen molar-refractivity contribution in [2.24, 2.45) is 10.9 Å². The van der Waals surface area contributed by atoms with Crippen LogP contribution >= 0.6 is 15.9 Å². The number of benzene rings is 2. The first-order valence-corrected chi connectivity index (χ1v) is 10.9. The smallest absolute Gasteiger partial charge is 0.199 e. The number of allylic oxidation sites excluding steroid dienone is 2. The van der Waals surface area contributed by atoms with Crippen molar-refractivity contribution in [3.8, 4) is 5.88 Å². The topological polar surface area (TPSA) is 48.4 Å². The van der Waals surface area contributed by atoms with Crippen molar-refractivity contribution < 1.29 is 5.11 Å². The molecule has 3 aromatic rings. The zero-order valence-corrected chi connectivity index (χ0v) is 17.3. The Bertz CT molecular complexity index is 1100. The van der Waals surface area contributed by atoms with Gasteiger partial charge in [-0.1, -0.05) is 72.0 Å². The van der Waals surface area contributed by atoms with E-state index in [1.807, 2.05) is 24.3 Å². The summed E-state index contributed by atoms with van der Waals surface area (Å²) in [4.78, 5) is 8.03. The van der Waals surface area contributed by atoms with Crippen LogP contribution < -0.4 is 0 Å². The lowest BCUT2D eigenvalue weighted by molar-refractivity contribution is 0.457. The maximum atomic E-state index is 10.7. The molecule has 1 aliphatic carbocycles. The largest absolute Gasteiger partial charge is 0.494 e. The Morgan fingerprint density at radius 3 is 2.82 bits per heavy atom. The Labute approximate surface area is 173 Å². The van der Waals surface area contributed by atoms with Crippen LogP contribution in [-0.2, 0) is 0 Å². The number of nitrogens with zero attached hydrogens (tertiary/aromatic N) is 1. The highest BCUT2D eigenvalue weighted by Gasteiger charge is 2.27. The van der Waals surface area contributed by atoms with Crippen molar-refractivity contribution in [2.45, 2.75) is 38.5 Å². The van der Waals surface area contributed by atoms with E-state index in [1.54, 1.807) is 0 Å². The van der Waals surface area contributed by atoms with Crippen LogP contribution in [-0.4, -0.2) is 15.8 Å². The highest BCUT2D eigenvalue weighted by molar-refractivity contribution is 9.10. The van der Waals surface area contributed by atoms with Gasteiger partial charge in [0.15, 0.2) is 5.88 Å². The van der Waals surface area contributed by atoms with Gasteiger partial charge in [0.2, 0.25) is 0 Å². The zero-order chi connectivity index (χ0) is 19.1. The Balaban J connectivity index is 1.56. The third-order valence-corrected chi connectivity index (χ3v) is 6.55. The first kappa shape index (κ1) is 17.7. The molecule has 0 saturated heterocycles. The summed E-state index contributed by atoms with van der Waals surface area (Å²) in [6, 6.07) is 14.3. The first-order chi connectivity index (χ1) is 13.7. The highest BCUT2D eigenvalue weighted by atomic mass is 79.9. The Kier molecular flexibility index (Phi) is 4.59. The molecule has 2 aliphatic rings. The minimum absolute atomic E-state index is 0.182. The van der Waals surface area contributed by atoms with Gasteiger partial charge in [0.25, 0.3) is 0 Å². The van der Waals surface area contributed by atoms with E-state index in [9.17, 15) is 5.11 Å². The molecule has 1 aliphatic heterocycles. The van der Waals surface area contributed by atoms with Crippen LogP contribution in [0, 0.1) is 5.92 Å². The summed E-state index contributed by atoms with van der Waals surface area (Å²) in [7, 11) is 0. The fraction of sp³-hybridized carbons (Fsp3) is 0.292. The summed E-state index contributed by atoms with van der Waals surface area (Å²) in [6.07, 6.45) is 10.1. The number of aliphatic imine (C=N–C) groups is 1. The minimum Gasteiger partial charge on any atom is -0.494 e. The number of rotatable bonds is 4. The quantitative estimate of drug-likeness (QED) is 0.450. The van der Waals surface area contributed by atoms with Crippen molar-refractivity contribution in [2.75, 3.05) is 0 Å². The number of aromatic amines is 1. The lowest BCUT2D eigenvalue weighted by Crippen LogP contribution is -2.00. The first-order valence-electron chi connectivity index (χ1n) is 10.1. The lowest BCUT2D eigenvalue weighted by atomic mass is 9.94. The predicted octanol–water partition coefficient (Wildman–Crippen LogP) is 7.12. The molecule has 0 radical (unpaired) electrons. The molecule has 5 rings (SSSR count). The van der Waals surface area contributed by atoms with Gasteiger partial charge in [0, 0.05) is 21.0 Å². The standard InChI is InChI=1S/C24H23BrN2O/c25-16-12-13-19-21(14-16)27-24(28)22(19)23-18(10-5-8-15-6-1-2-7-15)17-9-3-4-11-20(17)26-23/h3-4,9-15,27-28H,1-2,5-8H2. The second-order valence-electron chi connectivity index (χ2n) is 7.86. The van der Waals surface area contributed by atoms with Crippen LogP contribution in [0.3, 0.4) is 0 Å². The van der Waals surface area contributed by atoms with E-state index in [0.717, 1.165) is 55.8 Å². The zero-order valence-electron chi connectivity index (χ0n) is 15.7. The number of fused-ring (bicyclic) bond motifs is 2. The van der Waals surface area contributed by atoms with Crippen LogP contribution in [0.1, 0.15) is 49.7 Å². The van der Waals surface area contributed by atoms with Crippen molar-refractivity contribution in [3.63, 3.8) is 0 Å². The van der Waals surface area contributed by atoms with Crippen LogP contribution in [0.2, 0.25) is 0 Å². The number of para-hydroxylation sites is 1. The van der Waals surface area contributed by atoms with E-state index in [2.05, 4.69) is 45.2 Å². The molecule has 4 heteroatoms. The Morgan fingerprint density at radius 2 is 1.96 bits per heavy atom. The van der Waals surface area contributed by atoms with E-state index in [4.69, 9.17) is 4.99 Å². The molecule has 28 heavy (non-hydrogen) atoms. The van der Waals surface area contributed by atoms with E-state index >= 15 is 0 Å². The Hall–Kier alpha value is -2.33. The highest BCUT2D eigenvalue weighted by Crippen LogP contribution is 2.42. The summed E-state index contributed by atoms with van der Waals surface area (Å²) in [5.41, 5.74) is 5.87. The number of aromatic nitrogens is 1. The van der Waals surface area contributed by atoms with Gasteiger partial charge < -0.3 is 10.1 Å². The predicted molar refractivity (Wildman–Crippen MR) is 119 cm³/mol. The average Bonchev–Trinajstić information content (AvgIpc) is 3.39. The fourth-order valence-electron chi connectivity index (χ4n) is 4.66. The molecule has 1 fully saturated rings. The normalized spacial score (nSPS) is 18.2. The minimum atomic E-state index is 0.182. The lowest BCUT2D eigenvalue weighted by Gasteiger charge is -2.09. The van der Waals surface area contributed by atoms with Crippen LogP contribution in [0.4, 0.5) is 5.69 Å². The molecule has 2 heterocycles. The molecule has 0 unspecified atom stereocenters. The summed E-state index contributed by atoms with van der Waals surface area (Å²) < 4.78 is 0.983. The molecule has 3 nitrogen and oxygen atoms in total. The molecule has 1 saturated carbocycles. The van der Waals surface area contributed by atoms with Crippen LogP contribution in [0.5, 0.6) is 5.88 Å². The van der Waals surface area contributed by atoms with Crippen molar-refractivity contribution >= 4 is 43.8 Å². The van der Waals surface area contributed by atoms with Gasteiger partial charge in [-0.3, -0.25) is 0 Å². The number of hydrogen-bond acceptors (Lipinski definition) is 2. The summed E-state index contributed by atoms with van der Waals surface area (Å²) in [5, 5.41) is 11.7. The molecule has 142 valence electrons. The second-order valence-corrected chi connectivity index (χ2v) is 8.78. The second kappa shape index (κ2) is 7.25. The third kappa shape index (κ3) is 3.10. The number of hydrogen-bond donors (Lipinski definition) is 2. The van der Waals surface area contributed by atoms with Crippen molar-refractivity contribution in [1.29, 1.82) is 0 Å². The Morgan fingerprint density at radius 1 is 1.14 bits per heavy atom. The van der Waals surface area contributed by atoms with Gasteiger partial charge in [-0.2, -0.15) is 0 Å². The maximum absolute atomic E-state index is 10.7. The molecular weight excluding hydrogens is 412 g/mol. The van der Waals surface area contributed by atoms with Gasteiger partial charge in [-0.05, 0) is 37.0 Å². The molecule has 0 bridgehead atoms. The SMILES string of the molecule is Oc1[nH]c2cc(Br)ccc2c1C1=Nc2ccccc2C1=CCCC1CCCC1. The third-order valence-electron chi connectivity index (χ3n) is 6.06. The van der Waals surface area contributed by atoms with Gasteiger partial charge in [0.05, 0.1) is 22.5 Å². The molecular formula is C24H23BrN2O. The number of nitrogens with one attached hydrogen (secondary N) is 1. The van der Waals surface area contributed by atoms with Crippen molar-refractivity contribution in [3.05, 3.63) is 64.1 Å². The molecule has 0 amide bonds.